The van der Waals surface area contributed by atoms with E-state index in [1.54, 1.807) is 6.07 Å². The maximum absolute atomic E-state index is 13.8. The van der Waals surface area contributed by atoms with Crippen molar-refractivity contribution in [2.24, 2.45) is 0 Å². The van der Waals surface area contributed by atoms with Crippen LogP contribution in [0.3, 0.4) is 0 Å². The number of rotatable bonds is 4. The Labute approximate surface area is 135 Å². The van der Waals surface area contributed by atoms with Crippen LogP contribution in [0, 0.1) is 21.7 Å². The van der Waals surface area contributed by atoms with Crippen LogP contribution in [0.25, 0.3) is 0 Å². The van der Waals surface area contributed by atoms with E-state index in [4.69, 9.17) is 4.74 Å². The monoisotopic (exact) mass is 421 g/mol. The fourth-order valence-corrected chi connectivity index (χ4v) is 2.25. The molecule has 0 fully saturated rings. The van der Waals surface area contributed by atoms with Crippen molar-refractivity contribution in [1.82, 2.24) is 0 Å². The zero-order valence-electron chi connectivity index (χ0n) is 10.3. The number of hydrogen-bond donors (Lipinski definition) is 0. The summed E-state index contributed by atoms with van der Waals surface area (Å²) in [5, 5.41) is 11.4. The first-order valence-corrected chi connectivity index (χ1v) is 7.49. The Kier molecular flexibility index (Phi) is 4.89. The largest absolute Gasteiger partial charge is 0.447 e. The molecule has 0 atom stereocenters. The Balaban J connectivity index is 2.43. The summed E-state index contributed by atoms with van der Waals surface area (Å²) in [5.74, 6) is -2.02. The SMILES string of the molecule is O=[N+]([O-])c1cc(Br)c(F)cc1Oc1ccc(CBr)cc1F. The Bertz CT molecular complexity index is 710. The second kappa shape index (κ2) is 6.48. The van der Waals surface area contributed by atoms with Crippen LogP contribution in [-0.2, 0) is 5.33 Å². The molecule has 8 heteroatoms. The smallest absolute Gasteiger partial charge is 0.312 e. The summed E-state index contributed by atoms with van der Waals surface area (Å²) in [5.41, 5.74) is 0.212. The van der Waals surface area contributed by atoms with Crippen LogP contribution in [0.1, 0.15) is 5.56 Å². The fourth-order valence-electron chi connectivity index (χ4n) is 1.57. The summed E-state index contributed by atoms with van der Waals surface area (Å²) in [4.78, 5) is 10.2. The van der Waals surface area contributed by atoms with E-state index in [1.807, 2.05) is 0 Å². The number of ether oxygens (including phenoxy) is 1. The number of nitrogens with zero attached hydrogens (tertiary/aromatic N) is 1. The van der Waals surface area contributed by atoms with Crippen LogP contribution in [-0.4, -0.2) is 4.92 Å². The fraction of sp³-hybridized carbons (Fsp3) is 0.0769. The molecule has 0 heterocycles. The molecule has 0 unspecified atom stereocenters. The normalized spacial score (nSPS) is 10.5. The van der Waals surface area contributed by atoms with Gasteiger partial charge < -0.3 is 4.74 Å². The van der Waals surface area contributed by atoms with Gasteiger partial charge in [0.25, 0.3) is 0 Å². The lowest BCUT2D eigenvalue weighted by atomic mass is 10.2. The van der Waals surface area contributed by atoms with E-state index in [2.05, 4.69) is 31.9 Å². The molecule has 0 spiro atoms. The number of nitro benzene ring substituents is 1. The minimum absolute atomic E-state index is 0.0725. The molecule has 0 aromatic heterocycles. The van der Waals surface area contributed by atoms with Crippen molar-refractivity contribution in [2.75, 3.05) is 0 Å². The van der Waals surface area contributed by atoms with Crippen LogP contribution in [0.4, 0.5) is 14.5 Å². The first-order chi connectivity index (χ1) is 9.92. The molecule has 0 saturated carbocycles. The average molecular weight is 423 g/mol. The Hall–Kier alpha value is -1.54. The van der Waals surface area contributed by atoms with Gasteiger partial charge >= 0.3 is 5.69 Å². The van der Waals surface area contributed by atoms with Gasteiger partial charge in [0.2, 0.25) is 5.75 Å². The quantitative estimate of drug-likeness (QED) is 0.380. The van der Waals surface area contributed by atoms with Crippen LogP contribution in [0.2, 0.25) is 0 Å². The molecule has 2 rings (SSSR count). The van der Waals surface area contributed by atoms with Crippen LogP contribution < -0.4 is 4.74 Å². The molecule has 4 nitrogen and oxygen atoms in total. The van der Waals surface area contributed by atoms with Gasteiger partial charge in [-0.2, -0.15) is 0 Å². The van der Waals surface area contributed by atoms with Crippen molar-refractivity contribution in [3.8, 4) is 11.5 Å². The molecule has 2 aromatic rings. The van der Waals surface area contributed by atoms with Gasteiger partial charge in [0.1, 0.15) is 5.82 Å². The molecule has 110 valence electrons. The van der Waals surface area contributed by atoms with Crippen LogP contribution in [0.5, 0.6) is 11.5 Å². The van der Waals surface area contributed by atoms with Crippen molar-refractivity contribution >= 4 is 37.5 Å². The minimum Gasteiger partial charge on any atom is -0.447 e. The molecule has 0 aliphatic rings. The highest BCUT2D eigenvalue weighted by atomic mass is 79.9. The van der Waals surface area contributed by atoms with Crippen molar-refractivity contribution in [2.45, 2.75) is 5.33 Å². The Morgan fingerprint density at radius 1 is 1.14 bits per heavy atom. The molecule has 0 radical (unpaired) electrons. The van der Waals surface area contributed by atoms with E-state index < -0.39 is 22.2 Å². The van der Waals surface area contributed by atoms with Gasteiger partial charge in [0, 0.05) is 17.5 Å². The molecule has 0 aliphatic carbocycles. The van der Waals surface area contributed by atoms with E-state index in [0.717, 1.165) is 12.1 Å². The third-order valence-corrected chi connectivity index (χ3v) is 3.82. The second-order valence-electron chi connectivity index (χ2n) is 3.99. The lowest BCUT2D eigenvalue weighted by Crippen LogP contribution is -1.97. The third-order valence-electron chi connectivity index (χ3n) is 2.57. The molecule has 0 bridgehead atoms. The molecular weight excluding hydrogens is 416 g/mol. The summed E-state index contributed by atoms with van der Waals surface area (Å²) in [7, 11) is 0. The summed E-state index contributed by atoms with van der Waals surface area (Å²) in [6.45, 7) is 0. The zero-order chi connectivity index (χ0) is 15.6. The molecule has 0 amide bonds. The number of benzene rings is 2. The first kappa shape index (κ1) is 15.8. The highest BCUT2D eigenvalue weighted by Crippen LogP contribution is 2.36. The van der Waals surface area contributed by atoms with Gasteiger partial charge in [0.15, 0.2) is 11.6 Å². The lowest BCUT2D eigenvalue weighted by molar-refractivity contribution is -0.385. The van der Waals surface area contributed by atoms with Crippen LogP contribution >= 0.6 is 31.9 Å². The summed E-state index contributed by atoms with van der Waals surface area (Å²) in [6, 6.07) is 5.95. The number of alkyl halides is 1. The molecule has 0 N–H and O–H groups in total. The first-order valence-electron chi connectivity index (χ1n) is 5.58. The van der Waals surface area contributed by atoms with Gasteiger partial charge in [-0.1, -0.05) is 22.0 Å². The Morgan fingerprint density at radius 3 is 2.43 bits per heavy atom. The topological polar surface area (TPSA) is 52.4 Å². The summed E-state index contributed by atoms with van der Waals surface area (Å²) in [6.07, 6.45) is 0. The van der Waals surface area contributed by atoms with E-state index in [-0.39, 0.29) is 16.0 Å². The van der Waals surface area contributed by atoms with E-state index in [0.29, 0.717) is 10.9 Å². The molecule has 21 heavy (non-hydrogen) atoms. The summed E-state index contributed by atoms with van der Waals surface area (Å²) < 4.78 is 32.4. The van der Waals surface area contributed by atoms with Crippen molar-refractivity contribution in [1.29, 1.82) is 0 Å². The predicted octanol–water partition coefficient (Wildman–Crippen LogP) is 5.32. The van der Waals surface area contributed by atoms with Crippen molar-refractivity contribution in [3.63, 3.8) is 0 Å². The highest BCUT2D eigenvalue weighted by molar-refractivity contribution is 9.10. The van der Waals surface area contributed by atoms with Gasteiger partial charge in [0.05, 0.1) is 9.40 Å². The average Bonchev–Trinajstić information content (AvgIpc) is 2.44. The van der Waals surface area contributed by atoms with Crippen molar-refractivity contribution in [3.05, 3.63) is 62.1 Å². The molecule has 2 aromatic carbocycles. The zero-order valence-corrected chi connectivity index (χ0v) is 13.4. The minimum atomic E-state index is -0.743. The van der Waals surface area contributed by atoms with E-state index in [1.165, 1.54) is 12.1 Å². The summed E-state index contributed by atoms with van der Waals surface area (Å²) >= 11 is 6.03. The van der Waals surface area contributed by atoms with Gasteiger partial charge in [-0.3, -0.25) is 10.1 Å². The molecule has 0 saturated heterocycles. The number of halogens is 4. The second-order valence-corrected chi connectivity index (χ2v) is 5.41. The lowest BCUT2D eigenvalue weighted by Gasteiger charge is -2.09. The standard InChI is InChI=1S/C13H7Br2F2NO3/c14-6-7-1-2-12(10(17)3-7)21-13-5-9(16)8(15)4-11(13)18(19)20/h1-5H,6H2. The highest BCUT2D eigenvalue weighted by Gasteiger charge is 2.20. The van der Waals surface area contributed by atoms with E-state index in [9.17, 15) is 18.9 Å². The van der Waals surface area contributed by atoms with Gasteiger partial charge in [-0.15, -0.1) is 0 Å². The van der Waals surface area contributed by atoms with Crippen LogP contribution in [0.15, 0.2) is 34.8 Å². The van der Waals surface area contributed by atoms with Gasteiger partial charge in [-0.25, -0.2) is 8.78 Å². The molecular formula is C13H7Br2F2NO3. The maximum Gasteiger partial charge on any atom is 0.312 e. The van der Waals surface area contributed by atoms with E-state index >= 15 is 0 Å². The third kappa shape index (κ3) is 3.56. The Morgan fingerprint density at radius 2 is 1.86 bits per heavy atom. The number of hydrogen-bond acceptors (Lipinski definition) is 3. The van der Waals surface area contributed by atoms with Crippen molar-refractivity contribution < 1.29 is 18.4 Å². The molecule has 0 aliphatic heterocycles. The van der Waals surface area contributed by atoms with Gasteiger partial charge in [-0.05, 0) is 33.6 Å². The predicted molar refractivity (Wildman–Crippen MR) is 79.9 cm³/mol. The number of nitro groups is 1. The maximum atomic E-state index is 13.8.